The molecule has 8 rings (SSSR count). The van der Waals surface area contributed by atoms with Crippen LogP contribution in [0.5, 0.6) is 0 Å². The van der Waals surface area contributed by atoms with Crippen molar-refractivity contribution in [1.29, 1.82) is 0 Å². The zero-order valence-corrected chi connectivity index (χ0v) is 74.8. The van der Waals surface area contributed by atoms with Gasteiger partial charge < -0.3 is 80.6 Å². The number of carbonyl (C=O) groups is 8. The van der Waals surface area contributed by atoms with Gasteiger partial charge in [-0.05, 0) is 145 Å². The average molecular weight is 1740 g/mol. The molecular weight excluding hydrogens is 1630 g/mol. The van der Waals surface area contributed by atoms with E-state index in [4.69, 9.17) is 10.2 Å². The van der Waals surface area contributed by atoms with Crippen LogP contribution in [-0.2, 0) is 54.3 Å². The maximum Gasteiger partial charge on any atom is 3.00 e. The third-order valence-electron chi connectivity index (χ3n) is 15.9. The Morgan fingerprint density at radius 1 is 0.185 bits per heavy atom. The summed E-state index contributed by atoms with van der Waals surface area (Å²) in [6.45, 7) is 50.1. The molecule has 0 heterocycles. The van der Waals surface area contributed by atoms with Crippen LogP contribution in [0.4, 0.5) is 0 Å². The van der Waals surface area contributed by atoms with Crippen molar-refractivity contribution in [2.75, 3.05) is 0 Å². The van der Waals surface area contributed by atoms with Crippen molar-refractivity contribution in [2.24, 2.45) is 0 Å². The molecule has 0 bridgehead atoms. The van der Waals surface area contributed by atoms with Crippen LogP contribution in [0.1, 0.15) is 294 Å². The van der Waals surface area contributed by atoms with Crippen LogP contribution in [0, 0.1) is 82.6 Å². The molecule has 0 spiro atoms. The number of aromatic carboxylic acids is 8. The first-order valence-corrected chi connectivity index (χ1v) is 33.9. The Balaban J connectivity index is -0.000000569. The number of hydrogen-bond acceptors (Lipinski definition) is 14. The molecule has 0 aliphatic heterocycles. The Kier molecular flexibility index (Phi) is 45.3. The van der Waals surface area contributed by atoms with Gasteiger partial charge >= 0.3 is 94.5 Å². The number of benzene rings is 8. The van der Waals surface area contributed by atoms with E-state index in [9.17, 15) is 69.0 Å². The molecule has 20 heteroatoms. The average Bonchev–Trinajstić information content (AvgIpc) is 0.910. The predicted octanol–water partition coefficient (Wildman–Crippen LogP) is 11.6. The second-order valence-corrected chi connectivity index (χ2v) is 33.0. The molecule has 8 aromatic rings. The van der Waals surface area contributed by atoms with Crippen LogP contribution in [0.2, 0.25) is 0 Å². The monoisotopic (exact) mass is 1740 g/mol. The molecule has 108 heavy (non-hydrogen) atoms. The van der Waals surface area contributed by atoms with Crippen LogP contribution < -0.4 is 30.6 Å². The Bertz CT molecular complexity index is 3260. The molecule has 0 aliphatic rings. The standard InChI is InChI=1S/8C11H14O2.2H2O.2Pr/c8*1-11(2,3)9-6-4-8(5-7-9)10(12)13;;;;/h8*4-7H,1-3H3,(H,12,13);2*1H2;;/q;;;;;;;;;;2*+3/p-4. The summed E-state index contributed by atoms with van der Waals surface area (Å²) in [4.78, 5) is 83.8. The van der Waals surface area contributed by atoms with Crippen molar-refractivity contribution in [3.8, 4) is 0 Å². The maximum absolute atomic E-state index is 10.6. The molecule has 0 saturated heterocycles. The normalized spacial score (nSPS) is 10.9. The fourth-order valence-corrected chi connectivity index (χ4v) is 8.86. The first-order chi connectivity index (χ1) is 47.3. The van der Waals surface area contributed by atoms with Crippen molar-refractivity contribution in [3.63, 3.8) is 0 Å². The molecule has 0 saturated carbocycles. The molecule has 0 amide bonds. The van der Waals surface area contributed by atoms with Gasteiger partial charge in [0.1, 0.15) is 0 Å². The third-order valence-corrected chi connectivity index (χ3v) is 15.9. The van der Waals surface area contributed by atoms with Crippen LogP contribution in [-0.4, -0.2) is 58.0 Å². The van der Waals surface area contributed by atoms with Crippen molar-refractivity contribution in [2.45, 2.75) is 209 Å². The van der Waals surface area contributed by atoms with Gasteiger partial charge in [-0.2, -0.15) is 0 Å². The van der Waals surface area contributed by atoms with Crippen LogP contribution in [0.3, 0.4) is 0 Å². The maximum atomic E-state index is 10.6. The number of rotatable bonds is 8. The van der Waals surface area contributed by atoms with E-state index in [-0.39, 0.29) is 170 Å². The van der Waals surface area contributed by atoms with Gasteiger partial charge in [0.05, 0.1) is 46.9 Å². The second kappa shape index (κ2) is 46.0. The van der Waals surface area contributed by atoms with Gasteiger partial charge in [0.25, 0.3) is 0 Å². The van der Waals surface area contributed by atoms with E-state index in [0.29, 0.717) is 11.1 Å². The topological polar surface area (TPSA) is 381 Å². The Morgan fingerprint density at radius 2 is 0.259 bits per heavy atom. The Hall–Kier alpha value is -7.83. The van der Waals surface area contributed by atoms with E-state index in [1.165, 1.54) is 0 Å². The fourth-order valence-electron chi connectivity index (χ4n) is 8.86. The first-order valence-electron chi connectivity index (χ1n) is 33.9. The van der Waals surface area contributed by atoms with Crippen LogP contribution in [0.25, 0.3) is 0 Å². The zero-order valence-electron chi connectivity index (χ0n) is 67.4. The molecule has 18 nitrogen and oxygen atoms in total. The Labute approximate surface area is 706 Å². The van der Waals surface area contributed by atoms with Gasteiger partial charge in [-0.25, -0.2) is 9.59 Å². The van der Waals surface area contributed by atoms with E-state index in [2.05, 4.69) is 166 Å². The van der Waals surface area contributed by atoms with E-state index >= 15 is 0 Å². The van der Waals surface area contributed by atoms with Crippen LogP contribution >= 0.6 is 0 Å². The Morgan fingerprint density at radius 3 is 0.315 bits per heavy atom. The minimum absolute atomic E-state index is 0. The summed E-state index contributed by atoms with van der Waals surface area (Å²) in [5.41, 5.74) is 11.6. The number of carboxylic acid groups (broad SMARTS) is 8. The summed E-state index contributed by atoms with van der Waals surface area (Å²) in [6, 6.07) is 54.9. The van der Waals surface area contributed by atoms with E-state index in [1.54, 1.807) is 97.1 Å². The van der Waals surface area contributed by atoms with Crippen molar-refractivity contribution in [3.05, 3.63) is 283 Å². The summed E-state index contributed by atoms with van der Waals surface area (Å²) in [7, 11) is 0. The van der Waals surface area contributed by atoms with Gasteiger partial charge in [-0.1, -0.05) is 336 Å². The third kappa shape index (κ3) is 40.0. The summed E-state index contributed by atoms with van der Waals surface area (Å²) >= 11 is 0. The summed E-state index contributed by atoms with van der Waals surface area (Å²) in [5, 5.41) is 80.1. The van der Waals surface area contributed by atoms with Gasteiger partial charge in [0.15, 0.2) is 0 Å². The molecule has 0 atom stereocenters. The zero-order chi connectivity index (χ0) is 80.5. The number of carboxylic acids is 8. The molecule has 0 fully saturated rings. The summed E-state index contributed by atoms with van der Waals surface area (Å²) < 4.78 is 0. The molecule has 0 unspecified atom stereocenters. The largest absolute Gasteiger partial charge is 3.00 e. The quantitative estimate of drug-likeness (QED) is 0.133. The first kappa shape index (κ1) is 107. The van der Waals surface area contributed by atoms with Gasteiger partial charge in [-0.15, -0.1) is 0 Å². The van der Waals surface area contributed by atoms with E-state index < -0.39 is 47.8 Å². The minimum Gasteiger partial charge on any atom is -0.545 e. The van der Waals surface area contributed by atoms with Crippen LogP contribution in [0.15, 0.2) is 194 Å². The smallest absolute Gasteiger partial charge is 0.545 e. The molecule has 576 valence electrons. The van der Waals surface area contributed by atoms with Gasteiger partial charge in [0, 0.05) is 0 Å². The SMILES string of the molecule is CC(C)(C)c1ccc(C(=O)O)cc1.CC(C)(C)c1ccc(C(=O)O)cc1.CC(C)(C)c1ccc(C(=O)[O-])cc1.CC(C)(C)c1ccc(C(=O)[O-])cc1.CC(C)(C)c1ccc(C(=O)[O-])cc1.CC(C)(C)c1ccc(C(=O)[O-])cc1.CC(C)(C)c1ccc(C(=O)[O-])cc1.CC(C)(C)c1ccc(C(=O)[O-])cc1.[OH3+].[OH3+].[Pr+3].[Pr+3]. The van der Waals surface area contributed by atoms with Gasteiger partial charge in [-0.3, -0.25) is 0 Å². The van der Waals surface area contributed by atoms with E-state index in [0.717, 1.165) is 44.5 Å². The summed E-state index contributed by atoms with van der Waals surface area (Å²) in [5.74, 6) is -8.50. The molecule has 0 aliphatic carbocycles. The van der Waals surface area contributed by atoms with Gasteiger partial charge in [0.2, 0.25) is 0 Å². The molecule has 8 aromatic carbocycles. The minimum atomic E-state index is -1.12. The second-order valence-electron chi connectivity index (χ2n) is 33.0. The molecule has 0 aromatic heterocycles. The number of carbonyl (C=O) groups excluding carboxylic acids is 6. The number of hydrogen-bond donors (Lipinski definition) is 2. The molecular formula is C88H112O18Pr2+2. The van der Waals surface area contributed by atoms with Crippen molar-refractivity contribution >= 4 is 47.8 Å². The van der Waals surface area contributed by atoms with Crippen molar-refractivity contribution in [1.82, 2.24) is 0 Å². The molecule has 8 N–H and O–H groups in total. The fraction of sp³-hybridized carbons (Fsp3) is 0.364. The predicted molar refractivity (Wildman–Crippen MR) is 411 cm³/mol. The van der Waals surface area contributed by atoms with E-state index in [1.807, 2.05) is 97.1 Å². The summed E-state index contributed by atoms with van der Waals surface area (Å²) in [6.07, 6.45) is 0. The van der Waals surface area contributed by atoms with Crippen molar-refractivity contribution < 1.29 is 173 Å². The molecule has 0 radical (unpaired) electrons.